The van der Waals surface area contributed by atoms with Crippen molar-refractivity contribution in [2.75, 3.05) is 0 Å². The number of aliphatic hydroxyl groups is 1. The van der Waals surface area contributed by atoms with Crippen molar-refractivity contribution in [1.82, 2.24) is 9.88 Å². The van der Waals surface area contributed by atoms with Crippen molar-refractivity contribution in [1.29, 1.82) is 0 Å². The highest BCUT2D eigenvalue weighted by Crippen LogP contribution is 2.40. The normalized spacial score (nSPS) is 16.6. The van der Waals surface area contributed by atoms with E-state index in [1.807, 2.05) is 37.3 Å². The summed E-state index contributed by atoms with van der Waals surface area (Å²) in [4.78, 5) is 31.9. The van der Waals surface area contributed by atoms with Crippen LogP contribution in [0.2, 0.25) is 0 Å². The summed E-state index contributed by atoms with van der Waals surface area (Å²) in [7, 11) is 0. The Morgan fingerprint density at radius 1 is 0.974 bits per heavy atom. The lowest BCUT2D eigenvalue weighted by Crippen LogP contribution is -2.29. The zero-order chi connectivity index (χ0) is 26.6. The number of ether oxygens (including phenoxy) is 1. The molecule has 38 heavy (non-hydrogen) atoms. The van der Waals surface area contributed by atoms with Gasteiger partial charge in [-0.1, -0.05) is 48.5 Å². The van der Waals surface area contributed by atoms with Gasteiger partial charge < -0.3 is 14.7 Å². The van der Waals surface area contributed by atoms with Crippen molar-refractivity contribution in [3.63, 3.8) is 0 Å². The summed E-state index contributed by atoms with van der Waals surface area (Å²) in [5, 5.41) is 11.4. The van der Waals surface area contributed by atoms with Gasteiger partial charge in [0.1, 0.15) is 23.9 Å². The minimum absolute atomic E-state index is 0.0529. The molecule has 1 aromatic heterocycles. The summed E-state index contributed by atoms with van der Waals surface area (Å²) in [6.07, 6.45) is 3.23. The Morgan fingerprint density at radius 3 is 2.39 bits per heavy atom. The molecule has 190 valence electrons. The molecular formula is C31H25FN2O4. The van der Waals surface area contributed by atoms with E-state index < -0.39 is 23.5 Å². The minimum atomic E-state index is -0.898. The molecule has 1 fully saturated rings. The predicted octanol–water partition coefficient (Wildman–Crippen LogP) is 5.73. The number of benzene rings is 3. The lowest BCUT2D eigenvalue weighted by Gasteiger charge is -2.25. The number of pyridine rings is 1. The molecule has 0 unspecified atom stereocenters. The Morgan fingerprint density at radius 2 is 1.71 bits per heavy atom. The van der Waals surface area contributed by atoms with Crippen molar-refractivity contribution in [2.24, 2.45) is 0 Å². The molecule has 0 spiro atoms. The van der Waals surface area contributed by atoms with E-state index in [0.717, 1.165) is 16.7 Å². The number of carbonyl (C=O) groups excluding carboxylic acids is 2. The number of amides is 1. The van der Waals surface area contributed by atoms with Crippen LogP contribution >= 0.6 is 0 Å². The Kier molecular flexibility index (Phi) is 7.00. The fourth-order valence-electron chi connectivity index (χ4n) is 4.57. The van der Waals surface area contributed by atoms with Gasteiger partial charge in [0.25, 0.3) is 11.7 Å². The maximum absolute atomic E-state index is 13.7. The van der Waals surface area contributed by atoms with Gasteiger partial charge in [-0.05, 0) is 65.6 Å². The van der Waals surface area contributed by atoms with Gasteiger partial charge in [-0.25, -0.2) is 4.39 Å². The van der Waals surface area contributed by atoms with Gasteiger partial charge in [0, 0.05) is 24.5 Å². The largest absolute Gasteiger partial charge is 0.507 e. The van der Waals surface area contributed by atoms with Gasteiger partial charge in [0.2, 0.25) is 0 Å². The number of aromatic nitrogens is 1. The number of carbonyl (C=O) groups is 2. The van der Waals surface area contributed by atoms with Gasteiger partial charge in [-0.3, -0.25) is 14.6 Å². The average Bonchev–Trinajstić information content (AvgIpc) is 3.18. The number of aryl methyl sites for hydroxylation is 1. The highest BCUT2D eigenvalue weighted by Gasteiger charge is 2.46. The third-order valence-corrected chi connectivity index (χ3v) is 6.49. The summed E-state index contributed by atoms with van der Waals surface area (Å²) < 4.78 is 19.7. The highest BCUT2D eigenvalue weighted by atomic mass is 19.1. The maximum atomic E-state index is 13.7. The van der Waals surface area contributed by atoms with E-state index in [9.17, 15) is 19.1 Å². The summed E-state index contributed by atoms with van der Waals surface area (Å²) in [5.41, 5.74) is 3.33. The number of hydrogen-bond donors (Lipinski definition) is 1. The lowest BCUT2D eigenvalue weighted by molar-refractivity contribution is -0.140. The zero-order valence-corrected chi connectivity index (χ0v) is 20.7. The first kappa shape index (κ1) is 24.9. The molecule has 3 aromatic carbocycles. The number of aliphatic hydroxyl groups excluding tert-OH is 1. The molecule has 7 heteroatoms. The number of likely N-dealkylation sites (tertiary alicyclic amines) is 1. The summed E-state index contributed by atoms with van der Waals surface area (Å²) in [5.74, 6) is -1.66. The molecule has 0 saturated carbocycles. The van der Waals surface area contributed by atoms with Crippen molar-refractivity contribution in [3.8, 4) is 5.75 Å². The van der Waals surface area contributed by atoms with E-state index in [1.165, 1.54) is 29.2 Å². The monoisotopic (exact) mass is 508 g/mol. The second-order valence-corrected chi connectivity index (χ2v) is 9.09. The summed E-state index contributed by atoms with van der Waals surface area (Å²) in [6, 6.07) is 23.0. The van der Waals surface area contributed by atoms with E-state index in [1.54, 1.807) is 42.7 Å². The molecule has 1 atom stereocenters. The highest BCUT2D eigenvalue weighted by molar-refractivity contribution is 6.46. The fraction of sp³-hybridized carbons (Fsp3) is 0.129. The molecule has 1 saturated heterocycles. The smallest absolute Gasteiger partial charge is 0.295 e. The topological polar surface area (TPSA) is 79.7 Å². The Hall–Kier alpha value is -4.78. The molecule has 0 aliphatic carbocycles. The van der Waals surface area contributed by atoms with Gasteiger partial charge in [-0.2, -0.15) is 0 Å². The minimum Gasteiger partial charge on any atom is -0.507 e. The molecule has 5 rings (SSSR count). The number of nitrogens with zero attached hydrogens (tertiary/aromatic N) is 2. The van der Waals surface area contributed by atoms with Crippen molar-refractivity contribution in [2.45, 2.75) is 26.1 Å². The first-order valence-electron chi connectivity index (χ1n) is 12.1. The van der Waals surface area contributed by atoms with Gasteiger partial charge in [-0.15, -0.1) is 0 Å². The van der Waals surface area contributed by atoms with Crippen LogP contribution in [0.1, 0.15) is 33.9 Å². The van der Waals surface area contributed by atoms with Crippen molar-refractivity contribution < 1.29 is 23.8 Å². The quantitative estimate of drug-likeness (QED) is 0.196. The number of hydrogen-bond acceptors (Lipinski definition) is 5. The molecule has 6 nitrogen and oxygen atoms in total. The fourth-order valence-corrected chi connectivity index (χ4v) is 4.57. The lowest BCUT2D eigenvalue weighted by atomic mass is 9.94. The number of rotatable bonds is 7. The molecule has 1 N–H and O–H groups in total. The van der Waals surface area contributed by atoms with Crippen molar-refractivity contribution in [3.05, 3.63) is 137 Å². The van der Waals surface area contributed by atoms with Crippen LogP contribution in [0, 0.1) is 12.7 Å². The first-order valence-corrected chi connectivity index (χ1v) is 12.1. The molecule has 0 bridgehead atoms. The summed E-state index contributed by atoms with van der Waals surface area (Å²) in [6.45, 7) is 2.33. The van der Waals surface area contributed by atoms with E-state index in [2.05, 4.69) is 4.98 Å². The van der Waals surface area contributed by atoms with Crippen LogP contribution < -0.4 is 4.74 Å². The third-order valence-electron chi connectivity index (χ3n) is 6.49. The van der Waals surface area contributed by atoms with E-state index in [0.29, 0.717) is 23.5 Å². The van der Waals surface area contributed by atoms with Crippen LogP contribution in [0.4, 0.5) is 4.39 Å². The molecular weight excluding hydrogens is 483 g/mol. The summed E-state index contributed by atoms with van der Waals surface area (Å²) >= 11 is 0. The number of Topliss-reactive ketones (excluding diaryl/α,β-unsaturated/α-hetero) is 1. The predicted molar refractivity (Wildman–Crippen MR) is 140 cm³/mol. The molecule has 1 aliphatic heterocycles. The van der Waals surface area contributed by atoms with Crippen LogP contribution in [-0.2, 0) is 22.7 Å². The van der Waals surface area contributed by atoms with E-state index in [4.69, 9.17) is 4.74 Å². The van der Waals surface area contributed by atoms with Gasteiger partial charge >= 0.3 is 0 Å². The standard InChI is InChI=1S/C31H25FN2O4/c1-20-16-24(11-14-26(20)38-19-21-6-3-2-4-7-21)29(35)27-28(23-9-12-25(32)13-10-23)34(31(37)30(27)36)18-22-8-5-15-33-17-22/h2-17,28,35H,18-19H2,1H3/t28-/m0/s1. The Bertz CT molecular complexity index is 1500. The molecule has 0 radical (unpaired) electrons. The molecule has 1 aliphatic rings. The third kappa shape index (κ3) is 5.04. The Labute approximate surface area is 219 Å². The second kappa shape index (κ2) is 10.7. The van der Waals surface area contributed by atoms with Gasteiger partial charge in [0.05, 0.1) is 11.6 Å². The SMILES string of the molecule is Cc1cc(C(O)=C2C(=O)C(=O)N(Cc3cccnc3)[C@H]2c2ccc(F)cc2)ccc1OCc1ccccc1. The van der Waals surface area contributed by atoms with E-state index in [-0.39, 0.29) is 17.9 Å². The van der Waals surface area contributed by atoms with Crippen molar-refractivity contribution >= 4 is 17.4 Å². The van der Waals surface area contributed by atoms with Crippen LogP contribution in [0.25, 0.3) is 5.76 Å². The second-order valence-electron chi connectivity index (χ2n) is 9.09. The maximum Gasteiger partial charge on any atom is 0.295 e. The zero-order valence-electron chi connectivity index (χ0n) is 20.7. The van der Waals surface area contributed by atoms with Crippen LogP contribution in [0.15, 0.2) is 103 Å². The average molecular weight is 509 g/mol. The van der Waals surface area contributed by atoms with E-state index >= 15 is 0 Å². The van der Waals surface area contributed by atoms with Crippen LogP contribution in [0.5, 0.6) is 5.75 Å². The molecule has 1 amide bonds. The van der Waals surface area contributed by atoms with Gasteiger partial charge in [0.15, 0.2) is 0 Å². The number of ketones is 1. The first-order chi connectivity index (χ1) is 18.4. The number of halogens is 1. The Balaban J connectivity index is 1.51. The molecule has 4 aromatic rings. The van der Waals surface area contributed by atoms with Crippen LogP contribution in [0.3, 0.4) is 0 Å². The molecule has 2 heterocycles. The van der Waals surface area contributed by atoms with Crippen LogP contribution in [-0.4, -0.2) is 26.7 Å².